The number of aromatic nitrogens is 2. The molecule has 2 aliphatic rings. The van der Waals surface area contributed by atoms with Crippen molar-refractivity contribution in [2.75, 3.05) is 39.4 Å². The molecule has 1 aromatic heterocycles. The lowest BCUT2D eigenvalue weighted by molar-refractivity contribution is -0.134. The van der Waals surface area contributed by atoms with Crippen molar-refractivity contribution in [2.45, 2.75) is 38.6 Å². The molecule has 3 amide bonds. The van der Waals surface area contributed by atoms with Crippen LogP contribution in [0.5, 0.6) is 0 Å². The molecule has 3 heterocycles. The second kappa shape index (κ2) is 11.3. The number of hydrogen-bond donors (Lipinski definition) is 1. The monoisotopic (exact) mass is 467 g/mol. The molecule has 0 bridgehead atoms. The molecule has 0 atom stereocenters. The minimum atomic E-state index is -0.108. The smallest absolute Gasteiger partial charge is 0.274 e. The van der Waals surface area contributed by atoms with E-state index in [4.69, 9.17) is 4.74 Å². The Hall–Kier alpha value is -3.20. The number of carbonyl (C=O) groups is 3. The maximum Gasteiger partial charge on any atom is 0.274 e. The fourth-order valence-electron chi connectivity index (χ4n) is 4.53. The van der Waals surface area contributed by atoms with Gasteiger partial charge in [0.05, 0.1) is 13.2 Å². The number of fused-ring (bicyclic) bond motifs is 1. The van der Waals surface area contributed by atoms with Crippen molar-refractivity contribution in [3.8, 4) is 0 Å². The van der Waals surface area contributed by atoms with Gasteiger partial charge in [0.25, 0.3) is 5.91 Å². The zero-order chi connectivity index (χ0) is 23.9. The Morgan fingerprint density at radius 3 is 2.56 bits per heavy atom. The van der Waals surface area contributed by atoms with E-state index in [1.807, 2.05) is 25.2 Å². The minimum absolute atomic E-state index is 0.0706. The first-order chi connectivity index (χ1) is 16.5. The highest BCUT2D eigenvalue weighted by Gasteiger charge is 2.31. The van der Waals surface area contributed by atoms with Crippen LogP contribution < -0.4 is 5.32 Å². The average Bonchev–Trinajstić information content (AvgIpc) is 3.21. The van der Waals surface area contributed by atoms with Gasteiger partial charge in [0.15, 0.2) is 5.69 Å². The van der Waals surface area contributed by atoms with Crippen LogP contribution >= 0.6 is 0 Å². The number of amides is 3. The van der Waals surface area contributed by atoms with Crippen molar-refractivity contribution in [2.24, 2.45) is 7.05 Å². The van der Waals surface area contributed by atoms with Crippen molar-refractivity contribution in [3.63, 3.8) is 0 Å². The van der Waals surface area contributed by atoms with Crippen LogP contribution in [-0.4, -0.2) is 76.7 Å². The lowest BCUT2D eigenvalue weighted by Crippen LogP contribution is -2.42. The van der Waals surface area contributed by atoms with Crippen molar-refractivity contribution < 1.29 is 19.1 Å². The Morgan fingerprint density at radius 1 is 1.03 bits per heavy atom. The van der Waals surface area contributed by atoms with Gasteiger partial charge in [-0.2, -0.15) is 5.10 Å². The highest BCUT2D eigenvalue weighted by molar-refractivity contribution is 5.94. The normalized spacial score (nSPS) is 15.7. The van der Waals surface area contributed by atoms with E-state index in [1.165, 1.54) is 5.56 Å². The summed E-state index contributed by atoms with van der Waals surface area (Å²) in [6.07, 6.45) is 2.74. The molecule has 182 valence electrons. The molecule has 2 aromatic rings. The van der Waals surface area contributed by atoms with Crippen LogP contribution in [-0.2, 0) is 40.8 Å². The Kier molecular flexibility index (Phi) is 7.95. The van der Waals surface area contributed by atoms with E-state index < -0.39 is 0 Å². The van der Waals surface area contributed by atoms with E-state index in [2.05, 4.69) is 22.5 Å². The largest absolute Gasteiger partial charge is 0.378 e. The Balaban J connectivity index is 1.25. The van der Waals surface area contributed by atoms with Gasteiger partial charge in [-0.15, -0.1) is 0 Å². The Labute approximate surface area is 200 Å². The van der Waals surface area contributed by atoms with Crippen LogP contribution in [0.25, 0.3) is 0 Å². The first kappa shape index (κ1) is 23.9. The molecule has 1 fully saturated rings. The van der Waals surface area contributed by atoms with Gasteiger partial charge in [0, 0.05) is 70.3 Å². The lowest BCUT2D eigenvalue weighted by Gasteiger charge is -2.29. The SMILES string of the molecule is Cn1nc(C(=O)N2CCOCC2)c2c1CCN(C(=O)CCC(=O)NCCCc1ccccc1)C2. The third-order valence-electron chi connectivity index (χ3n) is 6.47. The summed E-state index contributed by atoms with van der Waals surface area (Å²) in [7, 11) is 1.84. The predicted molar refractivity (Wildman–Crippen MR) is 126 cm³/mol. The van der Waals surface area contributed by atoms with Gasteiger partial charge in [-0.25, -0.2) is 0 Å². The summed E-state index contributed by atoms with van der Waals surface area (Å²) in [6.45, 7) is 3.67. The molecule has 9 heteroatoms. The third kappa shape index (κ3) is 5.83. The topological polar surface area (TPSA) is 96.8 Å². The molecule has 2 aliphatic heterocycles. The van der Waals surface area contributed by atoms with Gasteiger partial charge in [-0.3, -0.25) is 19.1 Å². The highest BCUT2D eigenvalue weighted by atomic mass is 16.5. The van der Waals surface area contributed by atoms with Crippen molar-refractivity contribution in [1.29, 1.82) is 0 Å². The number of carbonyl (C=O) groups excluding carboxylic acids is 3. The van der Waals surface area contributed by atoms with Gasteiger partial charge in [0.2, 0.25) is 11.8 Å². The maximum atomic E-state index is 13.0. The molecule has 0 radical (unpaired) electrons. The number of hydrogen-bond acceptors (Lipinski definition) is 5. The quantitative estimate of drug-likeness (QED) is 0.591. The highest BCUT2D eigenvalue weighted by Crippen LogP contribution is 2.24. The second-order valence-electron chi connectivity index (χ2n) is 8.81. The number of rotatable bonds is 8. The molecule has 0 saturated carbocycles. The minimum Gasteiger partial charge on any atom is -0.378 e. The van der Waals surface area contributed by atoms with Crippen LogP contribution in [0.15, 0.2) is 30.3 Å². The predicted octanol–water partition coefficient (Wildman–Crippen LogP) is 1.31. The molecular formula is C25H33N5O4. The fraction of sp³-hybridized carbons (Fsp3) is 0.520. The summed E-state index contributed by atoms with van der Waals surface area (Å²) < 4.78 is 7.10. The molecule has 0 aliphatic carbocycles. The van der Waals surface area contributed by atoms with Crippen LogP contribution in [0, 0.1) is 0 Å². The molecule has 4 rings (SSSR count). The molecule has 1 aromatic carbocycles. The van der Waals surface area contributed by atoms with E-state index in [1.54, 1.807) is 14.5 Å². The van der Waals surface area contributed by atoms with Crippen molar-refractivity contribution in [1.82, 2.24) is 24.9 Å². The standard InChI is InChI=1S/C25H33N5O4/c1-28-21-11-13-30(18-20(21)24(27-28)25(33)29-14-16-34-17-15-29)23(32)10-9-22(31)26-12-5-8-19-6-3-2-4-7-19/h2-4,6-7H,5,8-18H2,1H3,(H,26,31). The van der Waals surface area contributed by atoms with Crippen LogP contribution in [0.2, 0.25) is 0 Å². The van der Waals surface area contributed by atoms with Crippen LogP contribution in [0.4, 0.5) is 0 Å². The zero-order valence-corrected chi connectivity index (χ0v) is 19.8. The number of nitrogens with zero attached hydrogens (tertiary/aromatic N) is 4. The fourth-order valence-corrected chi connectivity index (χ4v) is 4.53. The maximum absolute atomic E-state index is 13.0. The Bertz CT molecular complexity index is 1010. The van der Waals surface area contributed by atoms with Gasteiger partial charge in [0.1, 0.15) is 0 Å². The van der Waals surface area contributed by atoms with Gasteiger partial charge in [-0.1, -0.05) is 30.3 Å². The number of nitrogens with one attached hydrogen (secondary N) is 1. The molecule has 1 saturated heterocycles. The molecule has 34 heavy (non-hydrogen) atoms. The Morgan fingerprint density at radius 2 is 1.79 bits per heavy atom. The van der Waals surface area contributed by atoms with E-state index in [0.29, 0.717) is 58.1 Å². The van der Waals surface area contributed by atoms with E-state index in [0.717, 1.165) is 24.1 Å². The van der Waals surface area contributed by atoms with E-state index >= 15 is 0 Å². The molecular weight excluding hydrogens is 434 g/mol. The summed E-state index contributed by atoms with van der Waals surface area (Å²) in [5.74, 6) is -0.285. The molecule has 0 spiro atoms. The van der Waals surface area contributed by atoms with Gasteiger partial charge >= 0.3 is 0 Å². The number of morpholine rings is 1. The van der Waals surface area contributed by atoms with Gasteiger partial charge < -0.3 is 19.9 Å². The van der Waals surface area contributed by atoms with Crippen molar-refractivity contribution in [3.05, 3.63) is 52.8 Å². The molecule has 1 N–H and O–H groups in total. The summed E-state index contributed by atoms with van der Waals surface area (Å²) >= 11 is 0. The van der Waals surface area contributed by atoms with Crippen LogP contribution in [0.1, 0.15) is 46.6 Å². The average molecular weight is 468 g/mol. The first-order valence-corrected chi connectivity index (χ1v) is 12.0. The summed E-state index contributed by atoms with van der Waals surface area (Å²) in [5.41, 5.74) is 3.49. The summed E-state index contributed by atoms with van der Waals surface area (Å²) in [5, 5.41) is 7.39. The summed E-state index contributed by atoms with van der Waals surface area (Å²) in [4.78, 5) is 41.6. The lowest BCUT2D eigenvalue weighted by atomic mass is 10.0. The number of ether oxygens (including phenoxy) is 1. The molecule has 9 nitrogen and oxygen atoms in total. The van der Waals surface area contributed by atoms with Gasteiger partial charge in [-0.05, 0) is 18.4 Å². The number of benzene rings is 1. The zero-order valence-electron chi connectivity index (χ0n) is 19.8. The first-order valence-electron chi connectivity index (χ1n) is 12.0. The third-order valence-corrected chi connectivity index (χ3v) is 6.47. The molecule has 0 unspecified atom stereocenters. The van der Waals surface area contributed by atoms with E-state index in [9.17, 15) is 14.4 Å². The second-order valence-corrected chi connectivity index (χ2v) is 8.81. The van der Waals surface area contributed by atoms with Crippen molar-refractivity contribution >= 4 is 17.7 Å². The number of aryl methyl sites for hydroxylation is 2. The van der Waals surface area contributed by atoms with E-state index in [-0.39, 0.29) is 30.6 Å². The summed E-state index contributed by atoms with van der Waals surface area (Å²) in [6, 6.07) is 10.2. The van der Waals surface area contributed by atoms with Crippen LogP contribution in [0.3, 0.4) is 0 Å².